The fourth-order valence-corrected chi connectivity index (χ4v) is 2.65. The fraction of sp³-hybridized carbons (Fsp3) is 0.727. The summed E-state index contributed by atoms with van der Waals surface area (Å²) < 4.78 is 8.80. The van der Waals surface area contributed by atoms with Crippen molar-refractivity contribution in [3.05, 3.63) is 15.0 Å². The molecular formula is C11H21IN2OSi. The summed E-state index contributed by atoms with van der Waals surface area (Å²) in [6, 6.07) is 1.21. The van der Waals surface area contributed by atoms with Crippen LogP contribution in [0, 0.1) is 17.5 Å². The monoisotopic (exact) mass is 352 g/mol. The zero-order valence-corrected chi connectivity index (χ0v) is 14.0. The van der Waals surface area contributed by atoms with Gasteiger partial charge in [0.1, 0.15) is 10.4 Å². The lowest BCUT2D eigenvalue weighted by Crippen LogP contribution is -2.22. The highest BCUT2D eigenvalue weighted by Gasteiger charge is 2.13. The largest absolute Gasteiger partial charge is 0.359 e. The van der Waals surface area contributed by atoms with Gasteiger partial charge in [-0.3, -0.25) is 0 Å². The van der Waals surface area contributed by atoms with Gasteiger partial charge >= 0.3 is 0 Å². The average Bonchev–Trinajstić information content (AvgIpc) is 2.40. The number of aromatic nitrogens is 2. The molecule has 0 aliphatic heterocycles. The first-order valence-corrected chi connectivity index (χ1v) is 10.4. The minimum Gasteiger partial charge on any atom is -0.359 e. The Bertz CT molecular complexity index is 358. The van der Waals surface area contributed by atoms with Gasteiger partial charge in [0.15, 0.2) is 0 Å². The maximum atomic E-state index is 5.68. The molecule has 1 rings (SSSR count). The quantitative estimate of drug-likeness (QED) is 0.461. The molecule has 0 saturated carbocycles. The summed E-state index contributed by atoms with van der Waals surface area (Å²) in [5.41, 5.74) is 2.35. The van der Waals surface area contributed by atoms with Gasteiger partial charge in [-0.25, -0.2) is 4.68 Å². The molecule has 0 aromatic carbocycles. The summed E-state index contributed by atoms with van der Waals surface area (Å²) in [7, 11) is -0.971. The number of halogens is 1. The Morgan fingerprint density at radius 3 is 2.38 bits per heavy atom. The van der Waals surface area contributed by atoms with Crippen LogP contribution < -0.4 is 0 Å². The summed E-state index contributed by atoms with van der Waals surface area (Å²) in [6.45, 7) is 12.7. The summed E-state index contributed by atoms with van der Waals surface area (Å²) in [6.07, 6.45) is 0. The molecule has 1 aromatic rings. The molecule has 0 saturated heterocycles. The lowest BCUT2D eigenvalue weighted by Gasteiger charge is -2.15. The molecule has 0 fully saturated rings. The molecule has 0 unspecified atom stereocenters. The molecule has 0 aliphatic rings. The third kappa shape index (κ3) is 4.18. The SMILES string of the molecule is Cc1nn(COCC[Si](C)(C)C)c(I)c1C. The molecule has 1 heterocycles. The molecule has 1 aromatic heterocycles. The highest BCUT2D eigenvalue weighted by atomic mass is 127. The highest BCUT2D eigenvalue weighted by Crippen LogP contribution is 2.15. The molecule has 16 heavy (non-hydrogen) atoms. The van der Waals surface area contributed by atoms with Crippen LogP contribution in [0.2, 0.25) is 25.7 Å². The van der Waals surface area contributed by atoms with Crippen molar-refractivity contribution in [3.63, 3.8) is 0 Å². The van der Waals surface area contributed by atoms with Crippen LogP contribution in [0.4, 0.5) is 0 Å². The predicted octanol–water partition coefficient (Wildman–Crippen LogP) is 3.42. The van der Waals surface area contributed by atoms with Crippen molar-refractivity contribution in [1.29, 1.82) is 0 Å². The van der Waals surface area contributed by atoms with E-state index in [4.69, 9.17) is 4.74 Å². The summed E-state index contributed by atoms with van der Waals surface area (Å²) >= 11 is 2.32. The molecular weight excluding hydrogens is 331 g/mol. The van der Waals surface area contributed by atoms with Gasteiger partial charge in [0.25, 0.3) is 0 Å². The van der Waals surface area contributed by atoms with Gasteiger partial charge in [-0.1, -0.05) is 19.6 Å². The first kappa shape index (κ1) is 14.2. The van der Waals surface area contributed by atoms with Crippen LogP contribution in [-0.2, 0) is 11.5 Å². The van der Waals surface area contributed by atoms with Gasteiger partial charge in [-0.15, -0.1) is 0 Å². The van der Waals surface area contributed by atoms with Crippen LogP contribution in [0.15, 0.2) is 0 Å². The van der Waals surface area contributed by atoms with E-state index in [2.05, 4.69) is 54.3 Å². The molecule has 0 N–H and O–H groups in total. The Morgan fingerprint density at radius 2 is 1.94 bits per heavy atom. The number of aryl methyl sites for hydroxylation is 1. The highest BCUT2D eigenvalue weighted by molar-refractivity contribution is 14.1. The van der Waals surface area contributed by atoms with Crippen LogP contribution in [0.5, 0.6) is 0 Å². The van der Waals surface area contributed by atoms with Crippen molar-refractivity contribution in [2.24, 2.45) is 0 Å². The Balaban J connectivity index is 2.41. The number of hydrogen-bond acceptors (Lipinski definition) is 2. The lowest BCUT2D eigenvalue weighted by molar-refractivity contribution is 0.0765. The second-order valence-corrected chi connectivity index (χ2v) is 12.0. The predicted molar refractivity (Wildman–Crippen MR) is 78.5 cm³/mol. The van der Waals surface area contributed by atoms with E-state index < -0.39 is 8.07 Å². The van der Waals surface area contributed by atoms with Crippen molar-refractivity contribution in [2.45, 2.75) is 46.3 Å². The number of rotatable bonds is 5. The van der Waals surface area contributed by atoms with Gasteiger partial charge in [0.05, 0.1) is 5.69 Å². The molecule has 0 aliphatic carbocycles. The number of nitrogens with zero attached hydrogens (tertiary/aromatic N) is 2. The third-order valence-corrected chi connectivity index (χ3v) is 5.63. The van der Waals surface area contributed by atoms with Gasteiger partial charge in [-0.05, 0) is 42.5 Å². The van der Waals surface area contributed by atoms with Crippen LogP contribution in [0.25, 0.3) is 0 Å². The Hall–Kier alpha value is 0.117. The van der Waals surface area contributed by atoms with Gasteiger partial charge < -0.3 is 4.74 Å². The van der Waals surface area contributed by atoms with E-state index in [1.165, 1.54) is 15.3 Å². The van der Waals surface area contributed by atoms with E-state index in [0.29, 0.717) is 6.73 Å². The maximum Gasteiger partial charge on any atom is 0.140 e. The van der Waals surface area contributed by atoms with Crippen molar-refractivity contribution in [3.8, 4) is 0 Å². The second-order valence-electron chi connectivity index (χ2n) is 5.35. The normalized spacial score (nSPS) is 12.1. The molecule has 0 bridgehead atoms. The molecule has 5 heteroatoms. The molecule has 3 nitrogen and oxygen atoms in total. The van der Waals surface area contributed by atoms with E-state index in [0.717, 1.165) is 12.3 Å². The standard InChI is InChI=1S/C11H21IN2OSi/c1-9-10(2)13-14(11(9)12)8-15-6-7-16(3,4)5/h6-8H2,1-5H3. The molecule has 0 atom stereocenters. The van der Waals surface area contributed by atoms with Crippen LogP contribution in [0.1, 0.15) is 11.3 Å². The second kappa shape index (κ2) is 5.64. The van der Waals surface area contributed by atoms with Crippen molar-refractivity contribution in [2.75, 3.05) is 6.61 Å². The number of hydrogen-bond donors (Lipinski definition) is 0. The van der Waals surface area contributed by atoms with Crippen molar-refractivity contribution >= 4 is 30.7 Å². The molecule has 0 amide bonds. The van der Waals surface area contributed by atoms with Crippen molar-refractivity contribution in [1.82, 2.24) is 9.78 Å². The van der Waals surface area contributed by atoms with E-state index >= 15 is 0 Å². The smallest absolute Gasteiger partial charge is 0.140 e. The van der Waals surface area contributed by atoms with Gasteiger partial charge in [-0.2, -0.15) is 5.10 Å². The molecule has 92 valence electrons. The van der Waals surface area contributed by atoms with E-state index in [9.17, 15) is 0 Å². The van der Waals surface area contributed by atoms with E-state index in [1.54, 1.807) is 0 Å². The molecule has 0 radical (unpaired) electrons. The van der Waals surface area contributed by atoms with Crippen molar-refractivity contribution < 1.29 is 4.74 Å². The van der Waals surface area contributed by atoms with Gasteiger partial charge in [0.2, 0.25) is 0 Å². The van der Waals surface area contributed by atoms with Gasteiger partial charge in [0, 0.05) is 20.2 Å². The fourth-order valence-electron chi connectivity index (χ4n) is 1.26. The minimum absolute atomic E-state index is 0.581. The van der Waals surface area contributed by atoms with Crippen LogP contribution in [-0.4, -0.2) is 24.5 Å². The summed E-state index contributed by atoms with van der Waals surface area (Å²) in [5, 5.41) is 4.44. The Morgan fingerprint density at radius 1 is 1.31 bits per heavy atom. The topological polar surface area (TPSA) is 27.1 Å². The Kier molecular flexibility index (Phi) is 5.00. The van der Waals surface area contributed by atoms with Crippen LogP contribution >= 0.6 is 22.6 Å². The lowest BCUT2D eigenvalue weighted by atomic mass is 10.3. The summed E-state index contributed by atoms with van der Waals surface area (Å²) in [5.74, 6) is 0. The first-order chi connectivity index (χ1) is 7.31. The summed E-state index contributed by atoms with van der Waals surface area (Å²) in [4.78, 5) is 0. The third-order valence-electron chi connectivity index (χ3n) is 2.56. The average molecular weight is 352 g/mol. The minimum atomic E-state index is -0.971. The first-order valence-electron chi connectivity index (χ1n) is 5.58. The van der Waals surface area contributed by atoms with Crippen LogP contribution in [0.3, 0.4) is 0 Å². The molecule has 0 spiro atoms. The van der Waals surface area contributed by atoms with E-state index in [1.807, 2.05) is 11.6 Å². The van der Waals surface area contributed by atoms with E-state index in [-0.39, 0.29) is 0 Å². The Labute approximate surface area is 113 Å². The maximum absolute atomic E-state index is 5.68. The number of ether oxygens (including phenoxy) is 1. The zero-order valence-electron chi connectivity index (χ0n) is 10.8. The zero-order chi connectivity index (χ0) is 12.3.